The molecule has 4 rings (SSSR count). The van der Waals surface area contributed by atoms with Gasteiger partial charge < -0.3 is 14.2 Å². The highest BCUT2D eigenvalue weighted by molar-refractivity contribution is 7.18. The van der Waals surface area contributed by atoms with Crippen molar-refractivity contribution in [2.75, 3.05) is 25.6 Å². The van der Waals surface area contributed by atoms with Crippen LogP contribution in [0.2, 0.25) is 0 Å². The van der Waals surface area contributed by atoms with E-state index in [1.54, 1.807) is 18.2 Å². The minimum absolute atomic E-state index is 0.0842. The Hall–Kier alpha value is -4.68. The first-order chi connectivity index (χ1) is 18.5. The molecule has 0 fully saturated rings. The predicted octanol–water partition coefficient (Wildman–Crippen LogP) is 5.83. The molecule has 38 heavy (non-hydrogen) atoms. The van der Waals surface area contributed by atoms with Crippen LogP contribution in [-0.4, -0.2) is 36.4 Å². The molecule has 9 heteroatoms. The van der Waals surface area contributed by atoms with Crippen molar-refractivity contribution >= 4 is 28.5 Å². The molecule has 0 aliphatic heterocycles. The average molecular weight is 527 g/mol. The van der Waals surface area contributed by atoms with E-state index in [0.717, 1.165) is 16.9 Å². The van der Waals surface area contributed by atoms with E-state index >= 15 is 0 Å². The molecule has 0 radical (unpaired) electrons. The van der Waals surface area contributed by atoms with Gasteiger partial charge in [0.15, 0.2) is 11.5 Å². The van der Waals surface area contributed by atoms with Crippen LogP contribution in [0, 0.1) is 25.2 Å². The summed E-state index contributed by atoms with van der Waals surface area (Å²) < 4.78 is 17.1. The molecule has 0 aliphatic carbocycles. The summed E-state index contributed by atoms with van der Waals surface area (Å²) in [7, 11) is 1.53. The summed E-state index contributed by atoms with van der Waals surface area (Å²) in [5.74, 6) is 1.24. The molecule has 0 saturated carbocycles. The minimum Gasteiger partial charge on any atom is -0.493 e. The van der Waals surface area contributed by atoms with Crippen LogP contribution in [0.4, 0.5) is 5.13 Å². The Labute approximate surface area is 225 Å². The second-order valence-corrected chi connectivity index (χ2v) is 9.26. The number of benzene rings is 3. The number of amides is 1. The van der Waals surface area contributed by atoms with Gasteiger partial charge in [-0.05, 0) is 49.2 Å². The average Bonchev–Trinajstić information content (AvgIpc) is 3.40. The van der Waals surface area contributed by atoms with E-state index in [9.17, 15) is 10.1 Å². The van der Waals surface area contributed by atoms with E-state index in [0.29, 0.717) is 40.4 Å². The van der Waals surface area contributed by atoms with Crippen molar-refractivity contribution in [3.8, 4) is 33.9 Å². The maximum absolute atomic E-state index is 12.7. The number of hydrogen-bond acceptors (Lipinski definition) is 8. The van der Waals surface area contributed by atoms with Gasteiger partial charge in [-0.3, -0.25) is 10.1 Å². The third kappa shape index (κ3) is 6.75. The van der Waals surface area contributed by atoms with E-state index in [1.165, 1.54) is 30.1 Å². The number of nitrogens with one attached hydrogen (secondary N) is 1. The van der Waals surface area contributed by atoms with Gasteiger partial charge in [-0.15, -0.1) is 10.2 Å². The molecule has 1 amide bonds. The maximum Gasteiger partial charge on any atom is 0.268 e. The van der Waals surface area contributed by atoms with E-state index in [-0.39, 0.29) is 5.57 Å². The number of methoxy groups -OCH3 is 1. The summed E-state index contributed by atoms with van der Waals surface area (Å²) in [5, 5.41) is 21.3. The smallest absolute Gasteiger partial charge is 0.268 e. The fraction of sp³-hybridized carbons (Fsp3) is 0.172. The molecule has 8 nitrogen and oxygen atoms in total. The molecule has 1 heterocycles. The molecule has 0 bridgehead atoms. The number of hydrogen-bond donors (Lipinski definition) is 1. The highest BCUT2D eigenvalue weighted by Gasteiger charge is 2.14. The number of carbonyl (C=O) groups excluding carboxylic acids is 1. The highest BCUT2D eigenvalue weighted by Crippen LogP contribution is 2.30. The van der Waals surface area contributed by atoms with Crippen molar-refractivity contribution in [2.24, 2.45) is 0 Å². The van der Waals surface area contributed by atoms with Gasteiger partial charge in [0.05, 0.1) is 7.11 Å². The van der Waals surface area contributed by atoms with Crippen molar-refractivity contribution in [3.05, 3.63) is 89.0 Å². The molecule has 1 N–H and O–H groups in total. The highest BCUT2D eigenvalue weighted by atomic mass is 32.1. The maximum atomic E-state index is 12.7. The number of nitriles is 1. The first-order valence-corrected chi connectivity index (χ1v) is 12.6. The van der Waals surface area contributed by atoms with Crippen LogP contribution in [0.1, 0.15) is 16.7 Å². The van der Waals surface area contributed by atoms with Gasteiger partial charge in [0, 0.05) is 5.56 Å². The fourth-order valence-corrected chi connectivity index (χ4v) is 4.35. The Morgan fingerprint density at radius 3 is 2.42 bits per heavy atom. The standard InChI is InChI=1S/C29H26N4O4S/c1-19-9-11-24(20(2)15-19)36-13-14-37-25-12-10-21(17-26(25)35-3)16-23(18-30)27(34)31-29-33-32-28(38-29)22-7-5-4-6-8-22/h4-12,15-17H,13-14H2,1-3H3,(H,31,33,34). The lowest BCUT2D eigenvalue weighted by Gasteiger charge is -2.13. The van der Waals surface area contributed by atoms with E-state index < -0.39 is 5.91 Å². The topological polar surface area (TPSA) is 106 Å². The van der Waals surface area contributed by atoms with Gasteiger partial charge in [-0.1, -0.05) is 65.4 Å². The fourth-order valence-electron chi connectivity index (χ4n) is 3.61. The summed E-state index contributed by atoms with van der Waals surface area (Å²) in [4.78, 5) is 12.7. The van der Waals surface area contributed by atoms with Crippen LogP contribution in [0.25, 0.3) is 16.6 Å². The zero-order valence-corrected chi connectivity index (χ0v) is 22.0. The van der Waals surface area contributed by atoms with Crippen LogP contribution in [-0.2, 0) is 4.79 Å². The number of aromatic nitrogens is 2. The molecule has 0 atom stereocenters. The molecule has 1 aromatic heterocycles. The number of rotatable bonds is 10. The Kier molecular flexibility index (Phi) is 8.69. The quantitative estimate of drug-likeness (QED) is 0.157. The molecule has 0 aliphatic rings. The molecular formula is C29H26N4O4S. The van der Waals surface area contributed by atoms with Crippen LogP contribution in [0.15, 0.2) is 72.3 Å². The second kappa shape index (κ2) is 12.5. The van der Waals surface area contributed by atoms with Crippen LogP contribution in [0.5, 0.6) is 17.2 Å². The summed E-state index contributed by atoms with van der Waals surface area (Å²) in [6.07, 6.45) is 1.48. The van der Waals surface area contributed by atoms with E-state index in [4.69, 9.17) is 14.2 Å². The number of carbonyl (C=O) groups is 1. The van der Waals surface area contributed by atoms with Crippen LogP contribution in [0.3, 0.4) is 0 Å². The normalized spacial score (nSPS) is 10.9. The monoisotopic (exact) mass is 526 g/mol. The summed E-state index contributed by atoms with van der Waals surface area (Å²) >= 11 is 1.23. The molecule has 0 saturated heterocycles. The molecule has 3 aromatic carbocycles. The SMILES string of the molecule is COc1cc(C=C(C#N)C(=O)Nc2nnc(-c3ccccc3)s2)ccc1OCCOc1ccc(C)cc1C. The lowest BCUT2D eigenvalue weighted by Crippen LogP contribution is -2.13. The third-order valence-corrected chi connectivity index (χ3v) is 6.35. The minimum atomic E-state index is -0.578. The Morgan fingerprint density at radius 2 is 1.71 bits per heavy atom. The zero-order chi connectivity index (χ0) is 26.9. The summed E-state index contributed by atoms with van der Waals surface area (Å²) in [6.45, 7) is 4.73. The molecule has 192 valence electrons. The van der Waals surface area contributed by atoms with Gasteiger partial charge in [-0.25, -0.2) is 0 Å². The summed E-state index contributed by atoms with van der Waals surface area (Å²) in [5.41, 5.74) is 3.67. The number of aryl methyl sites for hydroxylation is 2. The van der Waals surface area contributed by atoms with Crippen molar-refractivity contribution in [1.82, 2.24) is 10.2 Å². The first kappa shape index (κ1) is 26.4. The van der Waals surface area contributed by atoms with Crippen molar-refractivity contribution in [3.63, 3.8) is 0 Å². The third-order valence-electron chi connectivity index (χ3n) is 5.46. The molecule has 0 unspecified atom stereocenters. The number of ether oxygens (including phenoxy) is 3. The number of nitrogens with zero attached hydrogens (tertiary/aromatic N) is 3. The van der Waals surface area contributed by atoms with Crippen LogP contribution >= 0.6 is 11.3 Å². The van der Waals surface area contributed by atoms with E-state index in [2.05, 4.69) is 21.6 Å². The second-order valence-electron chi connectivity index (χ2n) is 8.28. The van der Waals surface area contributed by atoms with Crippen molar-refractivity contribution < 1.29 is 19.0 Å². The molecule has 4 aromatic rings. The van der Waals surface area contributed by atoms with Crippen molar-refractivity contribution in [1.29, 1.82) is 5.26 Å². The van der Waals surface area contributed by atoms with Gasteiger partial charge in [-0.2, -0.15) is 5.26 Å². The predicted molar refractivity (Wildman–Crippen MR) is 147 cm³/mol. The van der Waals surface area contributed by atoms with Gasteiger partial charge in [0.1, 0.15) is 35.6 Å². The van der Waals surface area contributed by atoms with E-state index in [1.807, 2.05) is 62.4 Å². The van der Waals surface area contributed by atoms with Gasteiger partial charge in [0.2, 0.25) is 5.13 Å². The largest absolute Gasteiger partial charge is 0.493 e. The van der Waals surface area contributed by atoms with Crippen molar-refractivity contribution in [2.45, 2.75) is 13.8 Å². The van der Waals surface area contributed by atoms with Crippen LogP contribution < -0.4 is 19.5 Å². The lowest BCUT2D eigenvalue weighted by atomic mass is 10.1. The molecule has 0 spiro atoms. The number of anilines is 1. The summed E-state index contributed by atoms with van der Waals surface area (Å²) in [6, 6.07) is 22.7. The Morgan fingerprint density at radius 1 is 0.974 bits per heavy atom. The Bertz CT molecular complexity index is 1490. The first-order valence-electron chi connectivity index (χ1n) is 11.8. The lowest BCUT2D eigenvalue weighted by molar-refractivity contribution is -0.112. The van der Waals surface area contributed by atoms with Gasteiger partial charge >= 0.3 is 0 Å². The zero-order valence-electron chi connectivity index (χ0n) is 21.2. The van der Waals surface area contributed by atoms with Gasteiger partial charge in [0.25, 0.3) is 5.91 Å². The molecular weight excluding hydrogens is 500 g/mol. The Balaban J connectivity index is 1.38.